The lowest BCUT2D eigenvalue weighted by Gasteiger charge is -2.36. The van der Waals surface area contributed by atoms with Crippen LogP contribution in [-0.2, 0) is 17.3 Å². The van der Waals surface area contributed by atoms with Gasteiger partial charge in [-0.3, -0.25) is 9.48 Å². The number of hydrogen-bond acceptors (Lipinski definition) is 5. The third kappa shape index (κ3) is 3.34. The van der Waals surface area contributed by atoms with Crippen LogP contribution in [0.4, 0.5) is 5.82 Å². The van der Waals surface area contributed by atoms with Crippen molar-refractivity contribution in [1.82, 2.24) is 15.1 Å². The summed E-state index contributed by atoms with van der Waals surface area (Å²) in [7, 11) is 1.94. The van der Waals surface area contributed by atoms with Crippen LogP contribution in [0.25, 0.3) is 0 Å². The van der Waals surface area contributed by atoms with Gasteiger partial charge in [-0.25, -0.2) is 0 Å². The van der Waals surface area contributed by atoms with Crippen LogP contribution < -0.4 is 19.7 Å². The minimum atomic E-state index is -0.657. The summed E-state index contributed by atoms with van der Waals surface area (Å²) in [5.74, 6) is 2.55. The molecule has 0 spiro atoms. The Labute approximate surface area is 159 Å². The Hall–Kier alpha value is -2.70. The molecule has 2 aliphatic heterocycles. The number of nitrogens with one attached hydrogen (secondary N) is 1. The highest BCUT2D eigenvalue weighted by atomic mass is 16.7. The Morgan fingerprint density at radius 2 is 2.07 bits per heavy atom. The largest absolute Gasteiger partial charge is 0.454 e. The number of amides is 1. The van der Waals surface area contributed by atoms with Crippen molar-refractivity contribution in [1.29, 1.82) is 0 Å². The standard InChI is InChI=1S/C20H26N4O3/c1-20(2,14-6-7-16-17(11-14)27-13-26-16)19(25)22-15-5-4-10-24(12-15)18-8-9-21-23(18)3/h6-9,11,15H,4-5,10,12-13H2,1-3H3,(H,22,25). The van der Waals surface area contributed by atoms with Gasteiger partial charge in [0, 0.05) is 32.2 Å². The van der Waals surface area contributed by atoms with E-state index in [0.717, 1.165) is 43.1 Å². The highest BCUT2D eigenvalue weighted by molar-refractivity contribution is 5.87. The van der Waals surface area contributed by atoms with E-state index in [1.165, 1.54) is 0 Å². The van der Waals surface area contributed by atoms with Crippen LogP contribution in [0.5, 0.6) is 11.5 Å². The van der Waals surface area contributed by atoms with E-state index in [4.69, 9.17) is 9.47 Å². The number of ether oxygens (including phenoxy) is 2. The molecule has 0 saturated carbocycles. The van der Waals surface area contributed by atoms with Gasteiger partial charge in [0.05, 0.1) is 11.6 Å². The van der Waals surface area contributed by atoms with Crippen LogP contribution in [0.2, 0.25) is 0 Å². The summed E-state index contributed by atoms with van der Waals surface area (Å²) in [5, 5.41) is 7.51. The van der Waals surface area contributed by atoms with Gasteiger partial charge in [-0.1, -0.05) is 6.07 Å². The third-order valence-electron chi connectivity index (χ3n) is 5.54. The van der Waals surface area contributed by atoms with E-state index < -0.39 is 5.41 Å². The fourth-order valence-electron chi connectivity index (χ4n) is 3.76. The average Bonchev–Trinajstić information content (AvgIpc) is 3.29. The predicted octanol–water partition coefficient (Wildman–Crippen LogP) is 2.21. The van der Waals surface area contributed by atoms with Crippen LogP contribution in [0.15, 0.2) is 30.5 Å². The van der Waals surface area contributed by atoms with Crippen molar-refractivity contribution in [2.75, 3.05) is 24.8 Å². The Kier molecular flexibility index (Phi) is 4.45. The maximum atomic E-state index is 13.1. The Balaban J connectivity index is 1.45. The molecule has 1 unspecified atom stereocenters. The molecule has 2 aliphatic rings. The molecule has 2 aromatic rings. The van der Waals surface area contributed by atoms with Crippen molar-refractivity contribution in [3.8, 4) is 11.5 Å². The number of aryl methyl sites for hydroxylation is 1. The van der Waals surface area contributed by atoms with Gasteiger partial charge >= 0.3 is 0 Å². The van der Waals surface area contributed by atoms with E-state index in [1.807, 2.05) is 49.8 Å². The number of nitrogens with zero attached hydrogens (tertiary/aromatic N) is 3. The van der Waals surface area contributed by atoms with Gasteiger partial charge in [0.1, 0.15) is 5.82 Å². The molecule has 1 saturated heterocycles. The Bertz CT molecular complexity index is 846. The number of carbonyl (C=O) groups is 1. The van der Waals surface area contributed by atoms with E-state index >= 15 is 0 Å². The first-order valence-corrected chi connectivity index (χ1v) is 9.39. The fraction of sp³-hybridized carbons (Fsp3) is 0.500. The molecule has 1 amide bonds. The van der Waals surface area contributed by atoms with Gasteiger partial charge in [0.25, 0.3) is 0 Å². The molecular weight excluding hydrogens is 344 g/mol. The second-order valence-electron chi connectivity index (χ2n) is 7.76. The summed E-state index contributed by atoms with van der Waals surface area (Å²) in [6, 6.07) is 7.85. The molecule has 144 valence electrons. The summed E-state index contributed by atoms with van der Waals surface area (Å²) >= 11 is 0. The minimum Gasteiger partial charge on any atom is -0.454 e. The van der Waals surface area contributed by atoms with Gasteiger partial charge in [-0.15, -0.1) is 0 Å². The SMILES string of the molecule is Cn1nccc1N1CCCC(NC(=O)C(C)(C)c2ccc3c(c2)OCO3)C1. The molecule has 27 heavy (non-hydrogen) atoms. The number of piperidine rings is 1. The Morgan fingerprint density at radius 1 is 1.26 bits per heavy atom. The van der Waals surface area contributed by atoms with Gasteiger partial charge in [0.15, 0.2) is 11.5 Å². The van der Waals surface area contributed by atoms with Crippen LogP contribution in [0, 0.1) is 0 Å². The van der Waals surface area contributed by atoms with Crippen molar-refractivity contribution in [2.45, 2.75) is 38.1 Å². The molecule has 4 rings (SSSR count). The highest BCUT2D eigenvalue weighted by Gasteiger charge is 2.34. The van der Waals surface area contributed by atoms with Gasteiger partial charge in [-0.05, 0) is 44.4 Å². The monoisotopic (exact) mass is 370 g/mol. The molecule has 0 bridgehead atoms. The number of anilines is 1. The second-order valence-corrected chi connectivity index (χ2v) is 7.76. The van der Waals surface area contributed by atoms with Gasteiger partial charge in [-0.2, -0.15) is 5.10 Å². The topological polar surface area (TPSA) is 68.6 Å². The lowest BCUT2D eigenvalue weighted by Crippen LogP contribution is -2.52. The average molecular weight is 370 g/mol. The minimum absolute atomic E-state index is 0.0261. The third-order valence-corrected chi connectivity index (χ3v) is 5.54. The number of benzene rings is 1. The molecule has 1 fully saturated rings. The van der Waals surface area contributed by atoms with E-state index in [2.05, 4.69) is 15.3 Å². The first-order chi connectivity index (χ1) is 12.9. The maximum Gasteiger partial charge on any atom is 0.231 e. The molecule has 0 radical (unpaired) electrons. The number of rotatable bonds is 4. The van der Waals surface area contributed by atoms with E-state index in [-0.39, 0.29) is 18.7 Å². The van der Waals surface area contributed by atoms with Crippen LogP contribution in [0.3, 0.4) is 0 Å². The van der Waals surface area contributed by atoms with Crippen molar-refractivity contribution in [3.05, 3.63) is 36.0 Å². The highest BCUT2D eigenvalue weighted by Crippen LogP contribution is 2.36. The van der Waals surface area contributed by atoms with E-state index in [0.29, 0.717) is 5.75 Å². The summed E-state index contributed by atoms with van der Waals surface area (Å²) in [6.07, 6.45) is 3.83. The van der Waals surface area contributed by atoms with Crippen molar-refractivity contribution < 1.29 is 14.3 Å². The lowest BCUT2D eigenvalue weighted by atomic mass is 9.83. The molecule has 7 heteroatoms. The molecule has 1 atom stereocenters. The number of fused-ring (bicyclic) bond motifs is 1. The summed E-state index contributed by atoms with van der Waals surface area (Å²) in [5.41, 5.74) is 0.263. The van der Waals surface area contributed by atoms with Crippen LogP contribution in [-0.4, -0.2) is 41.6 Å². The second kappa shape index (κ2) is 6.79. The number of carbonyl (C=O) groups excluding carboxylic acids is 1. The molecule has 1 N–H and O–H groups in total. The maximum absolute atomic E-state index is 13.1. The number of hydrogen-bond donors (Lipinski definition) is 1. The molecule has 1 aromatic carbocycles. The zero-order valence-electron chi connectivity index (χ0n) is 16.1. The first kappa shape index (κ1) is 17.7. The smallest absolute Gasteiger partial charge is 0.231 e. The molecule has 7 nitrogen and oxygen atoms in total. The fourth-order valence-corrected chi connectivity index (χ4v) is 3.76. The number of aromatic nitrogens is 2. The van der Waals surface area contributed by atoms with E-state index in [9.17, 15) is 4.79 Å². The summed E-state index contributed by atoms with van der Waals surface area (Å²) in [4.78, 5) is 15.4. The lowest BCUT2D eigenvalue weighted by molar-refractivity contribution is -0.126. The van der Waals surface area contributed by atoms with Crippen LogP contribution in [0.1, 0.15) is 32.3 Å². The zero-order valence-corrected chi connectivity index (χ0v) is 16.1. The van der Waals surface area contributed by atoms with Crippen LogP contribution >= 0.6 is 0 Å². The van der Waals surface area contributed by atoms with Gasteiger partial charge in [0.2, 0.25) is 12.7 Å². The van der Waals surface area contributed by atoms with E-state index in [1.54, 1.807) is 6.20 Å². The summed E-state index contributed by atoms with van der Waals surface area (Å²) in [6.45, 7) is 5.90. The molecular formula is C20H26N4O3. The predicted molar refractivity (Wildman–Crippen MR) is 102 cm³/mol. The van der Waals surface area contributed by atoms with Gasteiger partial charge < -0.3 is 19.7 Å². The molecule has 1 aromatic heterocycles. The molecule has 0 aliphatic carbocycles. The first-order valence-electron chi connectivity index (χ1n) is 9.39. The quantitative estimate of drug-likeness (QED) is 0.894. The van der Waals surface area contributed by atoms with Crippen molar-refractivity contribution >= 4 is 11.7 Å². The van der Waals surface area contributed by atoms with Crippen molar-refractivity contribution in [2.24, 2.45) is 7.05 Å². The normalized spacial score (nSPS) is 19.2. The Morgan fingerprint density at radius 3 is 2.85 bits per heavy atom. The summed E-state index contributed by atoms with van der Waals surface area (Å²) < 4.78 is 12.7. The molecule has 3 heterocycles. The zero-order chi connectivity index (χ0) is 19.0. The van der Waals surface area contributed by atoms with Crippen molar-refractivity contribution in [3.63, 3.8) is 0 Å².